The predicted octanol–water partition coefficient (Wildman–Crippen LogP) is 0.893. The SMILES string of the molecule is Cn1ccc(CCNc2cc3nc[nH]c(=O)c3cc2N)n1. The smallest absolute Gasteiger partial charge is 0.258 e. The molecule has 0 amide bonds. The van der Waals surface area contributed by atoms with Crippen LogP contribution in [-0.4, -0.2) is 26.3 Å². The van der Waals surface area contributed by atoms with Gasteiger partial charge in [0.05, 0.1) is 34.3 Å². The van der Waals surface area contributed by atoms with Crippen LogP contribution in [0.4, 0.5) is 11.4 Å². The van der Waals surface area contributed by atoms with Gasteiger partial charge in [0.25, 0.3) is 5.56 Å². The van der Waals surface area contributed by atoms with Crippen LogP contribution in [-0.2, 0) is 13.5 Å². The molecule has 0 saturated heterocycles. The molecule has 2 aromatic heterocycles. The quantitative estimate of drug-likeness (QED) is 0.618. The van der Waals surface area contributed by atoms with Crippen molar-refractivity contribution in [2.45, 2.75) is 6.42 Å². The highest BCUT2D eigenvalue weighted by Gasteiger charge is 2.06. The fourth-order valence-electron chi connectivity index (χ4n) is 2.21. The molecule has 1 aromatic carbocycles. The van der Waals surface area contributed by atoms with Crippen molar-refractivity contribution >= 4 is 22.3 Å². The van der Waals surface area contributed by atoms with Crippen LogP contribution in [0.3, 0.4) is 0 Å². The number of nitrogens with one attached hydrogen (secondary N) is 2. The van der Waals surface area contributed by atoms with Crippen LogP contribution in [0, 0.1) is 0 Å². The van der Waals surface area contributed by atoms with Crippen molar-refractivity contribution in [2.75, 3.05) is 17.6 Å². The van der Waals surface area contributed by atoms with Crippen molar-refractivity contribution in [3.63, 3.8) is 0 Å². The summed E-state index contributed by atoms with van der Waals surface area (Å²) in [5.41, 5.74) is 8.72. The Morgan fingerprint density at radius 1 is 1.43 bits per heavy atom. The lowest BCUT2D eigenvalue weighted by molar-refractivity contribution is 0.742. The fourth-order valence-corrected chi connectivity index (χ4v) is 2.21. The Balaban J connectivity index is 1.77. The molecule has 7 nitrogen and oxygen atoms in total. The standard InChI is InChI=1S/C14H16N6O/c1-20-5-3-9(19-20)2-4-16-13-7-12-10(6-11(13)15)14(21)18-8-17-12/h3,5-8,16H,2,4,15H2,1H3,(H,17,18,21). The Labute approximate surface area is 120 Å². The van der Waals surface area contributed by atoms with Crippen molar-refractivity contribution < 1.29 is 0 Å². The number of nitrogens with zero attached hydrogens (tertiary/aromatic N) is 3. The molecule has 0 bridgehead atoms. The summed E-state index contributed by atoms with van der Waals surface area (Å²) >= 11 is 0. The third kappa shape index (κ3) is 2.71. The number of benzene rings is 1. The molecule has 2 heterocycles. The summed E-state index contributed by atoms with van der Waals surface area (Å²) in [7, 11) is 1.89. The molecule has 0 saturated carbocycles. The van der Waals surface area contributed by atoms with E-state index < -0.39 is 0 Å². The highest BCUT2D eigenvalue weighted by molar-refractivity contribution is 5.88. The number of hydrogen-bond donors (Lipinski definition) is 3. The number of rotatable bonds is 4. The van der Waals surface area contributed by atoms with E-state index in [0.717, 1.165) is 17.8 Å². The third-order valence-corrected chi connectivity index (χ3v) is 3.28. The monoisotopic (exact) mass is 284 g/mol. The molecular weight excluding hydrogens is 268 g/mol. The minimum atomic E-state index is -0.188. The van der Waals surface area contributed by atoms with Gasteiger partial charge in [-0.05, 0) is 18.2 Å². The van der Waals surface area contributed by atoms with Crippen molar-refractivity contribution in [3.05, 3.63) is 46.8 Å². The predicted molar refractivity (Wildman–Crippen MR) is 82.2 cm³/mol. The van der Waals surface area contributed by atoms with E-state index in [1.54, 1.807) is 16.8 Å². The first kappa shape index (κ1) is 13.2. The summed E-state index contributed by atoms with van der Waals surface area (Å²) in [6, 6.07) is 5.41. The van der Waals surface area contributed by atoms with Gasteiger partial charge in [0.15, 0.2) is 0 Å². The van der Waals surface area contributed by atoms with Crippen molar-refractivity contribution in [1.29, 1.82) is 0 Å². The highest BCUT2D eigenvalue weighted by atomic mass is 16.1. The molecule has 0 atom stereocenters. The summed E-state index contributed by atoms with van der Waals surface area (Å²) in [5.74, 6) is 0. The Bertz CT molecular complexity index is 835. The maximum Gasteiger partial charge on any atom is 0.258 e. The largest absolute Gasteiger partial charge is 0.397 e. The van der Waals surface area contributed by atoms with Crippen LogP contribution < -0.4 is 16.6 Å². The second kappa shape index (κ2) is 5.28. The van der Waals surface area contributed by atoms with Crippen LogP contribution in [0.5, 0.6) is 0 Å². The second-order valence-corrected chi connectivity index (χ2v) is 4.85. The van der Waals surface area contributed by atoms with Crippen LogP contribution in [0.1, 0.15) is 5.69 Å². The van der Waals surface area contributed by atoms with Crippen molar-refractivity contribution in [1.82, 2.24) is 19.7 Å². The summed E-state index contributed by atoms with van der Waals surface area (Å²) in [5, 5.41) is 8.06. The molecule has 0 unspecified atom stereocenters. The van der Waals surface area contributed by atoms with Gasteiger partial charge in [0, 0.05) is 26.2 Å². The molecule has 0 radical (unpaired) electrons. The van der Waals surface area contributed by atoms with Gasteiger partial charge >= 0.3 is 0 Å². The highest BCUT2D eigenvalue weighted by Crippen LogP contribution is 2.22. The van der Waals surface area contributed by atoms with Crippen molar-refractivity contribution in [2.24, 2.45) is 7.05 Å². The topological polar surface area (TPSA) is 102 Å². The first-order chi connectivity index (χ1) is 10.1. The van der Waals surface area contributed by atoms with Crippen LogP contribution in [0.25, 0.3) is 10.9 Å². The Hall–Kier alpha value is -2.83. The van der Waals surface area contributed by atoms with Gasteiger partial charge in [0.1, 0.15) is 0 Å². The van der Waals surface area contributed by atoms with E-state index >= 15 is 0 Å². The molecule has 0 aliphatic carbocycles. The number of H-pyrrole nitrogens is 1. The summed E-state index contributed by atoms with van der Waals surface area (Å²) in [6.07, 6.45) is 4.09. The maximum absolute atomic E-state index is 11.7. The van der Waals surface area contributed by atoms with Gasteiger partial charge in [0.2, 0.25) is 0 Å². The van der Waals surface area contributed by atoms with Crippen molar-refractivity contribution in [3.8, 4) is 0 Å². The number of nitrogens with two attached hydrogens (primary N) is 1. The fraction of sp³-hybridized carbons (Fsp3) is 0.214. The van der Waals surface area contributed by atoms with Crippen LogP contribution >= 0.6 is 0 Å². The van der Waals surface area contributed by atoms with Gasteiger partial charge in [-0.1, -0.05) is 0 Å². The lowest BCUT2D eigenvalue weighted by atomic mass is 10.2. The van der Waals surface area contributed by atoms with E-state index in [1.807, 2.05) is 19.3 Å². The summed E-state index contributed by atoms with van der Waals surface area (Å²) in [6.45, 7) is 0.704. The number of aryl methyl sites for hydroxylation is 1. The zero-order valence-corrected chi connectivity index (χ0v) is 11.6. The number of aromatic amines is 1. The zero-order chi connectivity index (χ0) is 14.8. The average molecular weight is 284 g/mol. The van der Waals surface area contributed by atoms with Gasteiger partial charge in [-0.2, -0.15) is 5.10 Å². The van der Waals surface area contributed by atoms with Gasteiger partial charge in [-0.25, -0.2) is 4.98 Å². The molecule has 0 spiro atoms. The maximum atomic E-state index is 11.7. The molecule has 3 aromatic rings. The molecule has 0 fully saturated rings. The summed E-state index contributed by atoms with van der Waals surface area (Å²) in [4.78, 5) is 18.3. The molecule has 3 rings (SSSR count). The number of hydrogen-bond acceptors (Lipinski definition) is 5. The first-order valence-corrected chi connectivity index (χ1v) is 6.63. The Kier molecular flexibility index (Phi) is 3.31. The minimum Gasteiger partial charge on any atom is -0.397 e. The van der Waals surface area contributed by atoms with E-state index in [-0.39, 0.29) is 5.56 Å². The van der Waals surface area contributed by atoms with E-state index in [2.05, 4.69) is 20.4 Å². The Morgan fingerprint density at radius 2 is 2.29 bits per heavy atom. The van der Waals surface area contributed by atoms with E-state index in [1.165, 1.54) is 6.33 Å². The van der Waals surface area contributed by atoms with Gasteiger partial charge in [-0.3, -0.25) is 9.48 Å². The van der Waals surface area contributed by atoms with E-state index in [9.17, 15) is 4.79 Å². The molecule has 4 N–H and O–H groups in total. The van der Waals surface area contributed by atoms with Gasteiger partial charge < -0.3 is 16.0 Å². The summed E-state index contributed by atoms with van der Waals surface area (Å²) < 4.78 is 1.77. The van der Waals surface area contributed by atoms with Crippen LogP contribution in [0.2, 0.25) is 0 Å². The molecular formula is C14H16N6O. The zero-order valence-electron chi connectivity index (χ0n) is 11.6. The van der Waals surface area contributed by atoms with E-state index in [0.29, 0.717) is 23.1 Å². The lowest BCUT2D eigenvalue weighted by Gasteiger charge is -2.09. The van der Waals surface area contributed by atoms with Crippen LogP contribution in [0.15, 0.2) is 35.5 Å². The molecule has 7 heteroatoms. The normalized spacial score (nSPS) is 10.9. The number of aromatic nitrogens is 4. The number of fused-ring (bicyclic) bond motifs is 1. The second-order valence-electron chi connectivity index (χ2n) is 4.85. The van der Waals surface area contributed by atoms with Gasteiger partial charge in [-0.15, -0.1) is 0 Å². The average Bonchev–Trinajstić information content (AvgIpc) is 2.86. The minimum absolute atomic E-state index is 0.188. The Morgan fingerprint density at radius 3 is 3.05 bits per heavy atom. The molecule has 21 heavy (non-hydrogen) atoms. The first-order valence-electron chi connectivity index (χ1n) is 6.63. The third-order valence-electron chi connectivity index (χ3n) is 3.28. The van der Waals surface area contributed by atoms with E-state index in [4.69, 9.17) is 5.73 Å². The molecule has 0 aliphatic heterocycles. The lowest BCUT2D eigenvalue weighted by Crippen LogP contribution is -2.10. The molecule has 0 aliphatic rings. The number of anilines is 2. The molecule has 108 valence electrons. The number of nitrogen functional groups attached to an aromatic ring is 1.